The summed E-state index contributed by atoms with van der Waals surface area (Å²) in [4.78, 5) is 31.8. The number of carbonyl (C=O) groups is 1. The van der Waals surface area contributed by atoms with Gasteiger partial charge in [-0.05, 0) is 62.2 Å². The van der Waals surface area contributed by atoms with Gasteiger partial charge in [-0.2, -0.15) is 0 Å². The molecule has 0 saturated heterocycles. The third kappa shape index (κ3) is 4.69. The summed E-state index contributed by atoms with van der Waals surface area (Å²) >= 11 is 13.6. The van der Waals surface area contributed by atoms with Crippen molar-refractivity contribution in [3.8, 4) is 5.75 Å². The number of aromatic nitrogens is 1. The van der Waals surface area contributed by atoms with Gasteiger partial charge >= 0.3 is 5.97 Å². The molecule has 0 fully saturated rings. The maximum atomic E-state index is 13.6. The van der Waals surface area contributed by atoms with Gasteiger partial charge in [0.05, 0.1) is 40.1 Å². The molecule has 0 saturated carbocycles. The van der Waals surface area contributed by atoms with E-state index in [1.807, 2.05) is 6.07 Å². The lowest BCUT2D eigenvalue weighted by atomic mass is 9.96. The van der Waals surface area contributed by atoms with Gasteiger partial charge in [-0.3, -0.25) is 9.36 Å². The number of ether oxygens (including phenoxy) is 2. The van der Waals surface area contributed by atoms with Crippen LogP contribution in [0.3, 0.4) is 0 Å². The molecule has 0 bridgehead atoms. The van der Waals surface area contributed by atoms with Crippen LogP contribution in [0.2, 0.25) is 10.0 Å². The Labute approximate surface area is 210 Å². The standard InChI is InChI=1S/C25H22Cl2N2O4S/c1-13(2)33-24(31)21-14(3)28-25-29(22(21)16-6-8-17(26)9-7-16)23(30)20(34-25)12-15-5-10-19(32-4)18(27)11-15/h5-13,22H,1-4H3/b20-12+/t22-/m0/s1. The van der Waals surface area contributed by atoms with Crippen molar-refractivity contribution in [3.63, 3.8) is 0 Å². The average molecular weight is 517 g/mol. The fourth-order valence-electron chi connectivity index (χ4n) is 3.74. The molecular weight excluding hydrogens is 495 g/mol. The zero-order chi connectivity index (χ0) is 24.6. The molecule has 4 rings (SSSR count). The Morgan fingerprint density at radius 3 is 2.50 bits per heavy atom. The normalized spacial score (nSPS) is 15.9. The van der Waals surface area contributed by atoms with Gasteiger partial charge in [0, 0.05) is 5.02 Å². The third-order valence-electron chi connectivity index (χ3n) is 5.24. The molecular formula is C25H22Cl2N2O4S. The lowest BCUT2D eigenvalue weighted by molar-refractivity contribution is -0.143. The highest BCUT2D eigenvalue weighted by Crippen LogP contribution is 2.31. The van der Waals surface area contributed by atoms with E-state index < -0.39 is 12.0 Å². The van der Waals surface area contributed by atoms with Crippen molar-refractivity contribution >= 4 is 46.6 Å². The maximum Gasteiger partial charge on any atom is 0.338 e. The molecule has 3 aromatic rings. The quantitative estimate of drug-likeness (QED) is 0.468. The van der Waals surface area contributed by atoms with E-state index in [2.05, 4.69) is 4.99 Å². The predicted molar refractivity (Wildman–Crippen MR) is 134 cm³/mol. The molecule has 9 heteroatoms. The van der Waals surface area contributed by atoms with Gasteiger partial charge in [-0.25, -0.2) is 9.79 Å². The van der Waals surface area contributed by atoms with E-state index in [4.69, 9.17) is 32.7 Å². The lowest BCUT2D eigenvalue weighted by Gasteiger charge is -2.25. The van der Waals surface area contributed by atoms with E-state index in [9.17, 15) is 9.59 Å². The Balaban J connectivity index is 1.92. The van der Waals surface area contributed by atoms with Crippen LogP contribution in [-0.4, -0.2) is 23.8 Å². The van der Waals surface area contributed by atoms with E-state index in [1.165, 1.54) is 15.9 Å². The smallest absolute Gasteiger partial charge is 0.338 e. The third-order valence-corrected chi connectivity index (χ3v) is 6.77. The van der Waals surface area contributed by atoms with Crippen molar-refractivity contribution in [3.05, 3.63) is 94.6 Å². The van der Waals surface area contributed by atoms with E-state index in [1.54, 1.807) is 70.4 Å². The first-order valence-corrected chi connectivity index (χ1v) is 12.1. The first-order chi connectivity index (χ1) is 16.2. The topological polar surface area (TPSA) is 69.9 Å². The van der Waals surface area contributed by atoms with Crippen LogP contribution in [-0.2, 0) is 9.53 Å². The number of hydrogen-bond donors (Lipinski definition) is 0. The van der Waals surface area contributed by atoms with Crippen molar-refractivity contribution in [2.24, 2.45) is 4.99 Å². The minimum Gasteiger partial charge on any atom is -0.495 e. The molecule has 0 aliphatic carbocycles. The van der Waals surface area contributed by atoms with Crippen LogP contribution in [0.5, 0.6) is 5.75 Å². The molecule has 1 aliphatic rings. The number of thiazole rings is 1. The first kappa shape index (κ1) is 24.3. The number of benzene rings is 2. The molecule has 1 aliphatic heterocycles. The van der Waals surface area contributed by atoms with Crippen molar-refractivity contribution in [2.75, 3.05) is 7.11 Å². The van der Waals surface area contributed by atoms with Crippen LogP contribution in [0.15, 0.2) is 63.5 Å². The van der Waals surface area contributed by atoms with E-state index >= 15 is 0 Å². The molecule has 0 spiro atoms. The fraction of sp³-hybridized carbons (Fsp3) is 0.240. The molecule has 6 nitrogen and oxygen atoms in total. The fourth-order valence-corrected chi connectivity index (χ4v) is 5.18. The van der Waals surface area contributed by atoms with Crippen molar-refractivity contribution in [1.29, 1.82) is 0 Å². The molecule has 0 radical (unpaired) electrons. The van der Waals surface area contributed by atoms with Crippen molar-refractivity contribution in [1.82, 2.24) is 4.57 Å². The molecule has 1 atom stereocenters. The van der Waals surface area contributed by atoms with Gasteiger partial charge in [0.2, 0.25) is 0 Å². The molecule has 0 unspecified atom stereocenters. The van der Waals surface area contributed by atoms with E-state index in [0.717, 1.165) is 11.1 Å². The highest BCUT2D eigenvalue weighted by molar-refractivity contribution is 7.07. The molecule has 176 valence electrons. The van der Waals surface area contributed by atoms with Gasteiger partial charge in [0.15, 0.2) is 4.80 Å². The largest absolute Gasteiger partial charge is 0.495 e. The summed E-state index contributed by atoms with van der Waals surface area (Å²) in [6, 6.07) is 11.7. The highest BCUT2D eigenvalue weighted by atomic mass is 35.5. The Kier molecular flexibility index (Phi) is 6.98. The highest BCUT2D eigenvalue weighted by Gasteiger charge is 2.33. The summed E-state index contributed by atoms with van der Waals surface area (Å²) in [5.74, 6) is 0.0411. The minimum absolute atomic E-state index is 0.266. The number of nitrogens with zero attached hydrogens (tertiary/aromatic N) is 2. The Hall–Kier alpha value is -2.87. The van der Waals surface area contributed by atoms with Crippen LogP contribution >= 0.6 is 34.5 Å². The average Bonchev–Trinajstić information content (AvgIpc) is 3.07. The number of hydrogen-bond acceptors (Lipinski definition) is 6. The molecule has 2 aromatic carbocycles. The van der Waals surface area contributed by atoms with Crippen molar-refractivity contribution < 1.29 is 14.3 Å². The summed E-state index contributed by atoms with van der Waals surface area (Å²) in [6.07, 6.45) is 1.43. The molecule has 1 aromatic heterocycles. The van der Waals surface area contributed by atoms with Gasteiger partial charge in [-0.1, -0.05) is 52.7 Å². The predicted octanol–water partition coefficient (Wildman–Crippen LogP) is 4.50. The first-order valence-electron chi connectivity index (χ1n) is 10.5. The summed E-state index contributed by atoms with van der Waals surface area (Å²) in [5.41, 5.74) is 2.04. The molecule has 0 N–H and O–H groups in total. The zero-order valence-corrected chi connectivity index (χ0v) is 21.3. The lowest BCUT2D eigenvalue weighted by Crippen LogP contribution is -2.40. The molecule has 34 heavy (non-hydrogen) atoms. The Bertz CT molecular complexity index is 1470. The monoisotopic (exact) mass is 516 g/mol. The Morgan fingerprint density at radius 1 is 1.18 bits per heavy atom. The van der Waals surface area contributed by atoms with E-state index in [0.29, 0.717) is 36.4 Å². The number of carbonyl (C=O) groups excluding carboxylic acids is 1. The number of halogens is 2. The summed E-state index contributed by atoms with van der Waals surface area (Å²) in [7, 11) is 1.54. The second kappa shape index (κ2) is 9.78. The number of fused-ring (bicyclic) bond motifs is 1. The summed E-state index contributed by atoms with van der Waals surface area (Å²) in [6.45, 7) is 5.31. The number of methoxy groups -OCH3 is 1. The molecule has 2 heterocycles. The van der Waals surface area contributed by atoms with Crippen LogP contribution in [0.4, 0.5) is 0 Å². The second-order valence-electron chi connectivity index (χ2n) is 7.98. The van der Waals surface area contributed by atoms with Crippen LogP contribution in [0, 0.1) is 0 Å². The van der Waals surface area contributed by atoms with Crippen LogP contribution in [0.1, 0.15) is 37.9 Å². The molecule has 0 amide bonds. The zero-order valence-electron chi connectivity index (χ0n) is 19.0. The number of esters is 1. The Morgan fingerprint density at radius 2 is 1.88 bits per heavy atom. The SMILES string of the molecule is COc1ccc(/C=c2/sc3n(c2=O)[C@@H](c2ccc(Cl)cc2)C(C(=O)OC(C)C)=C(C)N=3)cc1Cl. The van der Waals surface area contributed by atoms with Crippen LogP contribution < -0.4 is 19.6 Å². The number of allylic oxidation sites excluding steroid dienone is 1. The van der Waals surface area contributed by atoms with Crippen LogP contribution in [0.25, 0.3) is 6.08 Å². The summed E-state index contributed by atoms with van der Waals surface area (Å²) < 4.78 is 12.7. The van der Waals surface area contributed by atoms with Gasteiger partial charge in [0.1, 0.15) is 5.75 Å². The van der Waals surface area contributed by atoms with Crippen molar-refractivity contribution in [2.45, 2.75) is 32.9 Å². The minimum atomic E-state index is -0.693. The van der Waals surface area contributed by atoms with Gasteiger partial charge in [0.25, 0.3) is 5.56 Å². The van der Waals surface area contributed by atoms with Gasteiger partial charge < -0.3 is 9.47 Å². The van der Waals surface area contributed by atoms with E-state index in [-0.39, 0.29) is 11.7 Å². The maximum absolute atomic E-state index is 13.6. The number of rotatable bonds is 5. The second-order valence-corrected chi connectivity index (χ2v) is 9.83. The van der Waals surface area contributed by atoms with Gasteiger partial charge in [-0.15, -0.1) is 0 Å². The summed E-state index contributed by atoms with van der Waals surface area (Å²) in [5, 5.41) is 0.997.